The largest absolute Gasteiger partial charge is 0.507 e. The van der Waals surface area contributed by atoms with Crippen molar-refractivity contribution in [3.63, 3.8) is 0 Å². The van der Waals surface area contributed by atoms with Crippen molar-refractivity contribution in [1.29, 1.82) is 0 Å². The molecule has 0 saturated carbocycles. The first kappa shape index (κ1) is 21.6. The minimum Gasteiger partial charge on any atom is -0.507 e. The van der Waals surface area contributed by atoms with Crippen LogP contribution < -0.4 is 9.47 Å². The van der Waals surface area contributed by atoms with Gasteiger partial charge in [-0.25, -0.2) is 4.79 Å². The maximum absolute atomic E-state index is 11.9. The zero-order valence-corrected chi connectivity index (χ0v) is 16.6. The second-order valence-electron chi connectivity index (χ2n) is 6.02. The first-order valence-electron chi connectivity index (χ1n) is 8.98. The Balaban J connectivity index is 2.01. The average molecular weight is 430 g/mol. The molecule has 11 heteroatoms. The number of hydrogen-bond donors (Lipinski definition) is 1. The van der Waals surface area contributed by atoms with E-state index in [9.17, 15) is 20.0 Å². The standard InChI is InChI=1S/C20H18N2O9/c1-3-28-20(24)15-10-18(31-21-15)19-16(23)8-14(29-11-27-2)9-17(19)30-13-6-4-12(5-7-13)22(25)26/h4-10,23H,3,11H2,1-2H3. The Morgan fingerprint density at radius 2 is 1.94 bits per heavy atom. The lowest BCUT2D eigenvalue weighted by Gasteiger charge is -2.13. The van der Waals surface area contributed by atoms with Crippen molar-refractivity contribution in [2.45, 2.75) is 6.92 Å². The van der Waals surface area contributed by atoms with Crippen LogP contribution in [-0.2, 0) is 9.47 Å². The maximum atomic E-state index is 11.9. The summed E-state index contributed by atoms with van der Waals surface area (Å²) >= 11 is 0. The summed E-state index contributed by atoms with van der Waals surface area (Å²) in [5.74, 6) is -0.361. The van der Waals surface area contributed by atoms with Crippen LogP contribution in [-0.4, -0.2) is 41.7 Å². The minimum absolute atomic E-state index is 0.0377. The van der Waals surface area contributed by atoms with Crippen LogP contribution in [0.2, 0.25) is 0 Å². The molecule has 162 valence electrons. The van der Waals surface area contributed by atoms with E-state index in [1.54, 1.807) is 6.92 Å². The van der Waals surface area contributed by atoms with Gasteiger partial charge < -0.3 is 28.6 Å². The summed E-state index contributed by atoms with van der Waals surface area (Å²) < 4.78 is 26.1. The Morgan fingerprint density at radius 3 is 2.58 bits per heavy atom. The van der Waals surface area contributed by atoms with E-state index < -0.39 is 10.9 Å². The molecule has 0 spiro atoms. The summed E-state index contributed by atoms with van der Waals surface area (Å²) in [6.45, 7) is 1.73. The van der Waals surface area contributed by atoms with Gasteiger partial charge in [0.25, 0.3) is 5.69 Å². The number of ether oxygens (including phenoxy) is 4. The number of nitro benzene ring substituents is 1. The smallest absolute Gasteiger partial charge is 0.360 e. The third-order valence-electron chi connectivity index (χ3n) is 3.91. The van der Waals surface area contributed by atoms with Crippen molar-refractivity contribution >= 4 is 11.7 Å². The van der Waals surface area contributed by atoms with Crippen LogP contribution in [0.15, 0.2) is 47.0 Å². The number of aromatic hydroxyl groups is 1. The van der Waals surface area contributed by atoms with E-state index in [1.807, 2.05) is 0 Å². The molecule has 31 heavy (non-hydrogen) atoms. The van der Waals surface area contributed by atoms with Gasteiger partial charge in [-0.15, -0.1) is 0 Å². The minimum atomic E-state index is -0.685. The summed E-state index contributed by atoms with van der Waals surface area (Å²) in [7, 11) is 1.44. The number of methoxy groups -OCH3 is 1. The lowest BCUT2D eigenvalue weighted by molar-refractivity contribution is -0.384. The molecular formula is C20H18N2O9. The Hall–Kier alpha value is -4.12. The highest BCUT2D eigenvalue weighted by molar-refractivity contribution is 5.89. The van der Waals surface area contributed by atoms with Crippen molar-refractivity contribution in [3.05, 3.63) is 58.3 Å². The number of carbonyl (C=O) groups excluding carboxylic acids is 1. The number of hydrogen-bond acceptors (Lipinski definition) is 10. The molecule has 0 aliphatic rings. The van der Waals surface area contributed by atoms with E-state index in [2.05, 4.69) is 5.16 Å². The zero-order valence-electron chi connectivity index (χ0n) is 16.6. The van der Waals surface area contributed by atoms with E-state index in [0.717, 1.165) is 0 Å². The van der Waals surface area contributed by atoms with Crippen molar-refractivity contribution in [1.82, 2.24) is 5.16 Å². The number of nitro groups is 1. The molecule has 0 fully saturated rings. The zero-order chi connectivity index (χ0) is 22.4. The van der Waals surface area contributed by atoms with Crippen LogP contribution in [0.5, 0.6) is 23.0 Å². The van der Waals surface area contributed by atoms with Gasteiger partial charge in [0, 0.05) is 37.4 Å². The second kappa shape index (κ2) is 9.59. The third kappa shape index (κ3) is 5.08. The SMILES string of the molecule is CCOC(=O)c1cc(-c2c(O)cc(OCOC)cc2Oc2ccc([N+](=O)[O-])cc2)on1. The number of phenolic OH excluding ortho intramolecular Hbond substituents is 1. The van der Waals surface area contributed by atoms with Crippen molar-refractivity contribution in [2.75, 3.05) is 20.5 Å². The number of nitrogens with zero attached hydrogens (tertiary/aromatic N) is 2. The van der Waals surface area contributed by atoms with Crippen molar-refractivity contribution in [3.8, 4) is 34.3 Å². The number of benzene rings is 2. The van der Waals surface area contributed by atoms with Crippen LogP contribution in [0.25, 0.3) is 11.3 Å². The summed E-state index contributed by atoms with van der Waals surface area (Å²) in [4.78, 5) is 22.2. The van der Waals surface area contributed by atoms with Gasteiger partial charge in [-0.3, -0.25) is 10.1 Å². The van der Waals surface area contributed by atoms with Gasteiger partial charge in [0.2, 0.25) is 0 Å². The fraction of sp³-hybridized carbons (Fsp3) is 0.200. The third-order valence-corrected chi connectivity index (χ3v) is 3.91. The highest BCUT2D eigenvalue weighted by Crippen LogP contribution is 2.43. The molecule has 0 saturated heterocycles. The molecule has 0 radical (unpaired) electrons. The molecule has 0 unspecified atom stereocenters. The Morgan fingerprint density at radius 1 is 1.19 bits per heavy atom. The van der Waals surface area contributed by atoms with Gasteiger partial charge >= 0.3 is 5.97 Å². The van der Waals surface area contributed by atoms with Crippen LogP contribution >= 0.6 is 0 Å². The van der Waals surface area contributed by atoms with E-state index in [4.69, 9.17) is 23.5 Å². The number of rotatable bonds is 9. The van der Waals surface area contributed by atoms with Crippen LogP contribution in [0.1, 0.15) is 17.4 Å². The fourth-order valence-electron chi connectivity index (χ4n) is 2.57. The van der Waals surface area contributed by atoms with E-state index in [1.165, 1.54) is 49.6 Å². The molecular weight excluding hydrogens is 412 g/mol. The van der Waals surface area contributed by atoms with E-state index >= 15 is 0 Å². The quantitative estimate of drug-likeness (QED) is 0.230. The lowest BCUT2D eigenvalue weighted by atomic mass is 10.1. The molecule has 0 amide bonds. The number of aromatic nitrogens is 1. The molecule has 1 N–H and O–H groups in total. The summed E-state index contributed by atoms with van der Waals surface area (Å²) in [5, 5.41) is 25.1. The Bertz CT molecular complexity index is 1080. The lowest BCUT2D eigenvalue weighted by Crippen LogP contribution is -2.04. The number of carbonyl (C=O) groups is 1. The first-order chi connectivity index (χ1) is 14.9. The maximum Gasteiger partial charge on any atom is 0.360 e. The van der Waals surface area contributed by atoms with Crippen LogP contribution in [0.3, 0.4) is 0 Å². The number of phenols is 1. The predicted molar refractivity (Wildman–Crippen MR) is 105 cm³/mol. The Labute approximate surface area is 175 Å². The molecule has 2 aromatic carbocycles. The van der Waals surface area contributed by atoms with Gasteiger partial charge in [-0.1, -0.05) is 5.16 Å². The summed E-state index contributed by atoms with van der Waals surface area (Å²) in [5.41, 5.74) is -0.106. The van der Waals surface area contributed by atoms with Crippen LogP contribution in [0, 0.1) is 10.1 Å². The predicted octanol–water partition coefficient (Wildman–Crippen LogP) is 3.91. The van der Waals surface area contributed by atoms with Gasteiger partial charge in [-0.2, -0.15) is 0 Å². The molecule has 0 aliphatic carbocycles. The molecule has 3 aromatic rings. The molecule has 3 rings (SSSR count). The average Bonchev–Trinajstić information content (AvgIpc) is 3.22. The van der Waals surface area contributed by atoms with E-state index in [0.29, 0.717) is 0 Å². The molecule has 0 atom stereocenters. The second-order valence-corrected chi connectivity index (χ2v) is 6.02. The molecule has 0 aliphatic heterocycles. The Kier molecular flexibility index (Phi) is 6.67. The van der Waals surface area contributed by atoms with Crippen molar-refractivity contribution in [2.24, 2.45) is 0 Å². The van der Waals surface area contributed by atoms with Gasteiger partial charge in [-0.05, 0) is 19.1 Å². The first-order valence-corrected chi connectivity index (χ1v) is 8.98. The normalized spacial score (nSPS) is 10.5. The van der Waals surface area contributed by atoms with Gasteiger partial charge in [0.05, 0.1) is 11.5 Å². The highest BCUT2D eigenvalue weighted by atomic mass is 16.7. The highest BCUT2D eigenvalue weighted by Gasteiger charge is 2.22. The topological polar surface area (TPSA) is 143 Å². The molecule has 11 nitrogen and oxygen atoms in total. The summed E-state index contributed by atoms with van der Waals surface area (Å²) in [6.07, 6.45) is 0. The molecule has 1 aromatic heterocycles. The molecule has 0 bridgehead atoms. The van der Waals surface area contributed by atoms with Crippen LogP contribution in [0.4, 0.5) is 5.69 Å². The van der Waals surface area contributed by atoms with Gasteiger partial charge in [0.15, 0.2) is 18.2 Å². The van der Waals surface area contributed by atoms with Crippen molar-refractivity contribution < 1.29 is 38.3 Å². The molecule has 1 heterocycles. The monoisotopic (exact) mass is 430 g/mol. The fourth-order valence-corrected chi connectivity index (χ4v) is 2.57. The number of esters is 1. The van der Waals surface area contributed by atoms with E-state index in [-0.39, 0.29) is 59.1 Å². The van der Waals surface area contributed by atoms with Gasteiger partial charge in [0.1, 0.15) is 28.6 Å². The number of non-ortho nitro benzene ring substituents is 1. The summed E-state index contributed by atoms with van der Waals surface area (Å²) in [6, 6.07) is 9.40.